The van der Waals surface area contributed by atoms with Crippen molar-refractivity contribution in [2.24, 2.45) is 0 Å². The molecular formula is C16H15BrO3S. The second kappa shape index (κ2) is 6.30. The second-order valence-electron chi connectivity index (χ2n) is 4.77. The summed E-state index contributed by atoms with van der Waals surface area (Å²) >= 11 is 5.20. The fraction of sp³-hybridized carbons (Fsp3) is 0.250. The number of ether oxygens (including phenoxy) is 2. The monoisotopic (exact) mass is 366 g/mol. The molecule has 0 amide bonds. The molecule has 0 bridgehead atoms. The molecule has 1 atom stereocenters. The molecule has 21 heavy (non-hydrogen) atoms. The lowest BCUT2D eigenvalue weighted by atomic mass is 10.1. The summed E-state index contributed by atoms with van der Waals surface area (Å²) < 4.78 is 12.1. The van der Waals surface area contributed by atoms with E-state index >= 15 is 0 Å². The molecule has 1 aliphatic heterocycles. The zero-order valence-corrected chi connectivity index (χ0v) is 13.9. The average Bonchev–Trinajstić information content (AvgIpc) is 2.49. The van der Waals surface area contributed by atoms with Gasteiger partial charge in [-0.2, -0.15) is 0 Å². The summed E-state index contributed by atoms with van der Waals surface area (Å²) in [6, 6.07) is 11.9. The minimum atomic E-state index is -0.463. The highest BCUT2D eigenvalue weighted by Gasteiger charge is 2.13. The molecule has 1 N–H and O–H groups in total. The van der Waals surface area contributed by atoms with Gasteiger partial charge in [0.1, 0.15) is 13.2 Å². The Kier molecular flexibility index (Phi) is 4.42. The maximum atomic E-state index is 9.60. The summed E-state index contributed by atoms with van der Waals surface area (Å²) in [7, 11) is 0. The molecule has 1 heterocycles. The van der Waals surface area contributed by atoms with Gasteiger partial charge in [-0.25, -0.2) is 0 Å². The van der Waals surface area contributed by atoms with Crippen molar-refractivity contribution in [2.75, 3.05) is 13.2 Å². The van der Waals surface area contributed by atoms with Crippen LogP contribution in [0.25, 0.3) is 0 Å². The first-order valence-electron chi connectivity index (χ1n) is 6.68. The predicted molar refractivity (Wildman–Crippen MR) is 86.3 cm³/mol. The van der Waals surface area contributed by atoms with Gasteiger partial charge in [0.2, 0.25) is 0 Å². The smallest absolute Gasteiger partial charge is 0.162 e. The normalized spacial score (nSPS) is 14.8. The number of rotatable bonds is 3. The Hall–Kier alpha value is -1.17. The lowest BCUT2D eigenvalue weighted by Gasteiger charge is -2.18. The van der Waals surface area contributed by atoms with Gasteiger partial charge < -0.3 is 14.6 Å². The van der Waals surface area contributed by atoms with Gasteiger partial charge in [-0.3, -0.25) is 0 Å². The minimum Gasteiger partial charge on any atom is -0.486 e. The van der Waals surface area contributed by atoms with Crippen molar-refractivity contribution < 1.29 is 14.6 Å². The Balaban J connectivity index is 1.83. The highest BCUT2D eigenvalue weighted by Crippen LogP contribution is 2.39. The molecule has 2 aromatic rings. The number of fused-ring (bicyclic) bond motifs is 1. The molecule has 1 unspecified atom stereocenters. The highest BCUT2D eigenvalue weighted by molar-refractivity contribution is 9.10. The topological polar surface area (TPSA) is 38.7 Å². The van der Waals surface area contributed by atoms with E-state index in [2.05, 4.69) is 15.9 Å². The van der Waals surface area contributed by atoms with Crippen LogP contribution in [0.4, 0.5) is 0 Å². The molecule has 0 fully saturated rings. The van der Waals surface area contributed by atoms with Gasteiger partial charge in [-0.05, 0) is 58.7 Å². The van der Waals surface area contributed by atoms with Crippen LogP contribution in [-0.4, -0.2) is 18.3 Å². The molecule has 3 nitrogen and oxygen atoms in total. The summed E-state index contributed by atoms with van der Waals surface area (Å²) in [6.07, 6.45) is -0.463. The van der Waals surface area contributed by atoms with Crippen LogP contribution < -0.4 is 9.47 Å². The lowest BCUT2D eigenvalue weighted by molar-refractivity contribution is 0.171. The van der Waals surface area contributed by atoms with E-state index in [0.29, 0.717) is 13.2 Å². The van der Waals surface area contributed by atoms with Crippen LogP contribution >= 0.6 is 27.7 Å². The molecule has 0 saturated carbocycles. The fourth-order valence-corrected chi connectivity index (χ4v) is 3.56. The van der Waals surface area contributed by atoms with Crippen LogP contribution in [0.5, 0.6) is 11.5 Å². The SMILES string of the molecule is CC(O)c1ccc(Sc2ccc3c(c2)OCCO3)c(Br)c1. The Morgan fingerprint density at radius 3 is 2.57 bits per heavy atom. The van der Waals surface area contributed by atoms with Crippen molar-refractivity contribution >= 4 is 27.7 Å². The number of aliphatic hydroxyl groups is 1. The van der Waals surface area contributed by atoms with E-state index in [1.807, 2.05) is 36.4 Å². The van der Waals surface area contributed by atoms with E-state index in [-0.39, 0.29) is 0 Å². The number of benzene rings is 2. The largest absolute Gasteiger partial charge is 0.486 e. The third kappa shape index (κ3) is 3.36. The maximum absolute atomic E-state index is 9.60. The average molecular weight is 367 g/mol. The first kappa shape index (κ1) is 14.8. The molecule has 2 aromatic carbocycles. The van der Waals surface area contributed by atoms with Crippen molar-refractivity contribution in [1.82, 2.24) is 0 Å². The van der Waals surface area contributed by atoms with Crippen LogP contribution in [0.3, 0.4) is 0 Å². The second-order valence-corrected chi connectivity index (χ2v) is 6.74. The van der Waals surface area contributed by atoms with Crippen molar-refractivity contribution in [3.05, 3.63) is 46.4 Å². The van der Waals surface area contributed by atoms with Crippen molar-refractivity contribution in [3.8, 4) is 11.5 Å². The van der Waals surface area contributed by atoms with Crippen LogP contribution in [-0.2, 0) is 0 Å². The van der Waals surface area contributed by atoms with Crippen LogP contribution in [0.15, 0.2) is 50.7 Å². The predicted octanol–water partition coefficient (Wildman–Crippen LogP) is 4.42. The first-order chi connectivity index (χ1) is 10.1. The summed E-state index contributed by atoms with van der Waals surface area (Å²) in [6.45, 7) is 2.95. The van der Waals surface area contributed by atoms with Gasteiger partial charge in [-0.15, -0.1) is 0 Å². The summed E-state index contributed by atoms with van der Waals surface area (Å²) in [5.74, 6) is 1.59. The molecule has 3 rings (SSSR count). The summed E-state index contributed by atoms with van der Waals surface area (Å²) in [5.41, 5.74) is 0.897. The molecule has 5 heteroatoms. The van der Waals surface area contributed by atoms with E-state index < -0.39 is 6.10 Å². The quantitative estimate of drug-likeness (QED) is 0.872. The zero-order chi connectivity index (χ0) is 14.8. The Morgan fingerprint density at radius 2 is 1.86 bits per heavy atom. The molecule has 0 spiro atoms. The fourth-order valence-electron chi connectivity index (χ4n) is 2.07. The molecule has 0 radical (unpaired) electrons. The van der Waals surface area contributed by atoms with E-state index in [9.17, 15) is 5.11 Å². The minimum absolute atomic E-state index is 0.463. The van der Waals surface area contributed by atoms with Gasteiger partial charge in [0.25, 0.3) is 0 Å². The molecule has 0 saturated heterocycles. The number of aliphatic hydroxyl groups excluding tert-OH is 1. The van der Waals surface area contributed by atoms with E-state index in [1.165, 1.54) is 0 Å². The maximum Gasteiger partial charge on any atom is 0.162 e. The number of hydrogen-bond acceptors (Lipinski definition) is 4. The van der Waals surface area contributed by atoms with Gasteiger partial charge in [0, 0.05) is 14.3 Å². The summed E-state index contributed by atoms with van der Waals surface area (Å²) in [5, 5.41) is 9.60. The standard InChI is InChI=1S/C16H15BrO3S/c1-10(18)11-2-5-16(13(17)8-11)21-12-3-4-14-15(9-12)20-7-6-19-14/h2-5,8-10,18H,6-7H2,1H3. The van der Waals surface area contributed by atoms with Crippen molar-refractivity contribution in [2.45, 2.75) is 22.8 Å². The Labute approximate surface area is 136 Å². The van der Waals surface area contributed by atoms with E-state index in [1.54, 1.807) is 18.7 Å². The lowest BCUT2D eigenvalue weighted by Crippen LogP contribution is -2.15. The third-order valence-corrected chi connectivity index (χ3v) is 5.16. The van der Waals surface area contributed by atoms with Gasteiger partial charge in [0.15, 0.2) is 11.5 Å². The number of halogens is 1. The van der Waals surface area contributed by atoms with Gasteiger partial charge in [0.05, 0.1) is 6.10 Å². The van der Waals surface area contributed by atoms with E-state index in [0.717, 1.165) is 31.3 Å². The molecule has 110 valence electrons. The van der Waals surface area contributed by atoms with Crippen LogP contribution in [0.1, 0.15) is 18.6 Å². The highest BCUT2D eigenvalue weighted by atomic mass is 79.9. The third-order valence-electron chi connectivity index (χ3n) is 3.18. The molecular weight excluding hydrogens is 352 g/mol. The Bertz CT molecular complexity index is 658. The Morgan fingerprint density at radius 1 is 1.10 bits per heavy atom. The van der Waals surface area contributed by atoms with Crippen molar-refractivity contribution in [3.63, 3.8) is 0 Å². The number of hydrogen-bond donors (Lipinski definition) is 1. The molecule has 0 aromatic heterocycles. The molecule has 0 aliphatic carbocycles. The summed E-state index contributed by atoms with van der Waals surface area (Å²) in [4.78, 5) is 2.18. The van der Waals surface area contributed by atoms with Crippen molar-refractivity contribution in [1.29, 1.82) is 0 Å². The van der Waals surface area contributed by atoms with E-state index in [4.69, 9.17) is 9.47 Å². The first-order valence-corrected chi connectivity index (χ1v) is 8.29. The van der Waals surface area contributed by atoms with Gasteiger partial charge in [-0.1, -0.05) is 17.8 Å². The zero-order valence-electron chi connectivity index (χ0n) is 11.5. The van der Waals surface area contributed by atoms with Crippen LogP contribution in [0.2, 0.25) is 0 Å². The van der Waals surface area contributed by atoms with Crippen LogP contribution in [0, 0.1) is 0 Å². The van der Waals surface area contributed by atoms with Gasteiger partial charge >= 0.3 is 0 Å². The molecule has 1 aliphatic rings.